The first-order valence-electron chi connectivity index (χ1n) is 8.61. The van der Waals surface area contributed by atoms with E-state index in [1.807, 2.05) is 20.8 Å². The molecule has 7 heteroatoms. The van der Waals surface area contributed by atoms with E-state index in [9.17, 15) is 9.59 Å². The summed E-state index contributed by atoms with van der Waals surface area (Å²) in [6.07, 6.45) is 7.28. The molecule has 1 fully saturated rings. The third-order valence-electron chi connectivity index (χ3n) is 4.01. The van der Waals surface area contributed by atoms with Gasteiger partial charge in [-0.05, 0) is 39.5 Å². The Labute approximate surface area is 143 Å². The van der Waals surface area contributed by atoms with E-state index >= 15 is 0 Å². The fraction of sp³-hybridized carbons (Fsp3) is 0.706. The molecule has 0 aliphatic heterocycles. The fourth-order valence-electron chi connectivity index (χ4n) is 2.93. The van der Waals surface area contributed by atoms with Crippen LogP contribution in [0.5, 0.6) is 0 Å². The van der Waals surface area contributed by atoms with Gasteiger partial charge in [0.05, 0.1) is 0 Å². The first kappa shape index (κ1) is 18.3. The zero-order chi connectivity index (χ0) is 17.6. The van der Waals surface area contributed by atoms with Crippen LogP contribution < -0.4 is 10.6 Å². The minimum atomic E-state index is -0.343. The van der Waals surface area contributed by atoms with Crippen LogP contribution in [0, 0.1) is 5.92 Å². The second-order valence-corrected chi connectivity index (χ2v) is 7.50. The van der Waals surface area contributed by atoms with E-state index in [-0.39, 0.29) is 24.0 Å². The lowest BCUT2D eigenvalue weighted by molar-refractivity contribution is -0.117. The molecule has 1 saturated carbocycles. The Balaban J connectivity index is 1.97. The fourth-order valence-corrected chi connectivity index (χ4v) is 2.93. The highest BCUT2D eigenvalue weighted by Crippen LogP contribution is 2.24. The van der Waals surface area contributed by atoms with Crippen molar-refractivity contribution in [3.63, 3.8) is 0 Å². The van der Waals surface area contributed by atoms with Gasteiger partial charge >= 0.3 is 6.03 Å². The van der Waals surface area contributed by atoms with Crippen LogP contribution in [0.1, 0.15) is 52.9 Å². The van der Waals surface area contributed by atoms with Crippen LogP contribution in [-0.4, -0.2) is 40.6 Å². The summed E-state index contributed by atoms with van der Waals surface area (Å²) >= 11 is 0. The van der Waals surface area contributed by atoms with Crippen molar-refractivity contribution >= 4 is 17.8 Å². The minimum absolute atomic E-state index is 0.00523. The van der Waals surface area contributed by atoms with E-state index in [2.05, 4.69) is 15.8 Å². The standard InChI is InChI=1S/C17H28N4O3/c1-17(2,3)19-16(23)21(11-13-7-5-4-6-8-13)12-15(22)18-14-9-10-24-20-14/h9-10,13H,4-8,11-12H2,1-3H3,(H,19,23)(H,18,20,22). The van der Waals surface area contributed by atoms with Gasteiger partial charge in [-0.15, -0.1) is 0 Å². The maximum atomic E-state index is 12.6. The first-order valence-corrected chi connectivity index (χ1v) is 8.61. The molecule has 2 rings (SSSR count). The Morgan fingerprint density at radius 3 is 2.58 bits per heavy atom. The van der Waals surface area contributed by atoms with Gasteiger partial charge in [-0.2, -0.15) is 0 Å². The van der Waals surface area contributed by atoms with Gasteiger partial charge in [-0.3, -0.25) is 4.79 Å². The average molecular weight is 336 g/mol. The summed E-state index contributed by atoms with van der Waals surface area (Å²) < 4.78 is 4.70. The molecule has 134 valence electrons. The van der Waals surface area contributed by atoms with E-state index in [0.717, 1.165) is 12.8 Å². The topological polar surface area (TPSA) is 87.5 Å². The molecule has 0 bridgehead atoms. The maximum absolute atomic E-state index is 12.6. The van der Waals surface area contributed by atoms with E-state index in [4.69, 9.17) is 4.52 Å². The van der Waals surface area contributed by atoms with Gasteiger partial charge in [-0.25, -0.2) is 4.79 Å². The van der Waals surface area contributed by atoms with Gasteiger partial charge < -0.3 is 20.1 Å². The molecule has 0 spiro atoms. The summed E-state index contributed by atoms with van der Waals surface area (Å²) in [5.74, 6) is 0.543. The van der Waals surface area contributed by atoms with E-state index in [1.54, 1.807) is 11.0 Å². The van der Waals surface area contributed by atoms with Crippen LogP contribution in [0.4, 0.5) is 10.6 Å². The number of hydrogen-bond donors (Lipinski definition) is 2. The quantitative estimate of drug-likeness (QED) is 0.865. The number of nitrogens with one attached hydrogen (secondary N) is 2. The Morgan fingerprint density at radius 2 is 2.00 bits per heavy atom. The van der Waals surface area contributed by atoms with E-state index < -0.39 is 0 Å². The summed E-state index contributed by atoms with van der Waals surface area (Å²) in [5.41, 5.74) is -0.343. The van der Waals surface area contributed by atoms with Crippen LogP contribution in [0.25, 0.3) is 0 Å². The second kappa shape index (κ2) is 8.17. The summed E-state index contributed by atoms with van der Waals surface area (Å²) in [4.78, 5) is 26.4. The Morgan fingerprint density at radius 1 is 1.29 bits per heavy atom. The largest absolute Gasteiger partial charge is 0.363 e. The lowest BCUT2D eigenvalue weighted by Gasteiger charge is -2.32. The maximum Gasteiger partial charge on any atom is 0.318 e. The van der Waals surface area contributed by atoms with Crippen molar-refractivity contribution < 1.29 is 14.1 Å². The van der Waals surface area contributed by atoms with Crippen molar-refractivity contribution in [1.29, 1.82) is 0 Å². The molecule has 0 atom stereocenters. The predicted molar refractivity (Wildman–Crippen MR) is 91.6 cm³/mol. The number of carbonyl (C=O) groups excluding carboxylic acids is 2. The van der Waals surface area contributed by atoms with E-state index in [1.165, 1.54) is 25.5 Å². The zero-order valence-electron chi connectivity index (χ0n) is 14.8. The number of aromatic nitrogens is 1. The van der Waals surface area contributed by atoms with Gasteiger partial charge in [0, 0.05) is 18.2 Å². The number of carbonyl (C=O) groups is 2. The van der Waals surface area contributed by atoms with Crippen LogP contribution in [0.15, 0.2) is 16.9 Å². The Bertz CT molecular complexity index is 531. The van der Waals surface area contributed by atoms with Gasteiger partial charge in [0.1, 0.15) is 12.8 Å². The predicted octanol–water partition coefficient (Wildman–Crippen LogP) is 3.00. The lowest BCUT2D eigenvalue weighted by atomic mass is 9.89. The molecule has 0 saturated heterocycles. The van der Waals surface area contributed by atoms with Crippen molar-refractivity contribution in [1.82, 2.24) is 15.4 Å². The smallest absolute Gasteiger partial charge is 0.318 e. The highest BCUT2D eigenvalue weighted by atomic mass is 16.5. The molecule has 1 aliphatic rings. The molecular formula is C17H28N4O3. The summed E-state index contributed by atoms with van der Waals surface area (Å²) in [5, 5.41) is 9.25. The SMILES string of the molecule is CC(C)(C)NC(=O)N(CC(=O)Nc1ccon1)CC1CCCCC1. The Hall–Kier alpha value is -2.05. The molecule has 2 N–H and O–H groups in total. The third-order valence-corrected chi connectivity index (χ3v) is 4.01. The monoisotopic (exact) mass is 336 g/mol. The van der Waals surface area contributed by atoms with Gasteiger partial charge in [0.2, 0.25) is 5.91 Å². The van der Waals surface area contributed by atoms with Crippen LogP contribution in [-0.2, 0) is 4.79 Å². The van der Waals surface area contributed by atoms with Crippen molar-refractivity contribution in [3.8, 4) is 0 Å². The van der Waals surface area contributed by atoms with Crippen molar-refractivity contribution in [2.45, 2.75) is 58.4 Å². The van der Waals surface area contributed by atoms with Crippen molar-refractivity contribution in [2.24, 2.45) is 5.92 Å². The van der Waals surface area contributed by atoms with Gasteiger partial charge in [0.25, 0.3) is 0 Å². The molecular weight excluding hydrogens is 308 g/mol. The number of rotatable bonds is 5. The molecule has 24 heavy (non-hydrogen) atoms. The molecule has 1 aromatic rings. The molecule has 0 unspecified atom stereocenters. The summed E-state index contributed by atoms with van der Waals surface area (Å²) in [6, 6.07) is 1.36. The summed E-state index contributed by atoms with van der Waals surface area (Å²) in [7, 11) is 0. The molecule has 0 aromatic carbocycles. The van der Waals surface area contributed by atoms with Gasteiger partial charge in [-0.1, -0.05) is 24.4 Å². The van der Waals surface area contributed by atoms with Crippen molar-refractivity contribution in [2.75, 3.05) is 18.4 Å². The number of amides is 3. The second-order valence-electron chi connectivity index (χ2n) is 7.50. The Kier molecular flexibility index (Phi) is 6.23. The van der Waals surface area contributed by atoms with Gasteiger partial charge in [0.15, 0.2) is 5.82 Å². The number of hydrogen-bond acceptors (Lipinski definition) is 4. The lowest BCUT2D eigenvalue weighted by Crippen LogP contribution is -2.51. The molecule has 7 nitrogen and oxygen atoms in total. The third kappa shape index (κ3) is 6.22. The molecule has 1 aromatic heterocycles. The minimum Gasteiger partial charge on any atom is -0.363 e. The highest BCUT2D eigenvalue weighted by molar-refractivity contribution is 5.93. The number of anilines is 1. The number of nitrogens with zero attached hydrogens (tertiary/aromatic N) is 2. The highest BCUT2D eigenvalue weighted by Gasteiger charge is 2.25. The van der Waals surface area contributed by atoms with Crippen LogP contribution >= 0.6 is 0 Å². The number of urea groups is 1. The van der Waals surface area contributed by atoms with Crippen molar-refractivity contribution in [3.05, 3.63) is 12.3 Å². The first-order chi connectivity index (χ1) is 11.3. The molecule has 1 heterocycles. The van der Waals surface area contributed by atoms with Crippen LogP contribution in [0.3, 0.4) is 0 Å². The summed E-state index contributed by atoms with van der Waals surface area (Å²) in [6.45, 7) is 6.40. The molecule has 1 aliphatic carbocycles. The zero-order valence-corrected chi connectivity index (χ0v) is 14.8. The van der Waals surface area contributed by atoms with Crippen LogP contribution in [0.2, 0.25) is 0 Å². The molecule has 0 radical (unpaired) electrons. The van der Waals surface area contributed by atoms with E-state index in [0.29, 0.717) is 18.3 Å². The molecule has 3 amide bonds. The average Bonchev–Trinajstić information content (AvgIpc) is 2.98. The normalized spacial score (nSPS) is 15.8.